The van der Waals surface area contributed by atoms with E-state index in [9.17, 15) is 9.59 Å². The average molecular weight is 244 g/mol. The molecule has 0 bridgehead atoms. The van der Waals surface area contributed by atoms with Crippen molar-refractivity contribution in [1.29, 1.82) is 0 Å². The van der Waals surface area contributed by atoms with E-state index >= 15 is 0 Å². The van der Waals surface area contributed by atoms with E-state index in [-0.39, 0.29) is 6.42 Å². The van der Waals surface area contributed by atoms with Crippen LogP contribution < -0.4 is 0 Å². The zero-order valence-corrected chi connectivity index (χ0v) is 9.27. The molecular formula is C10H10ClNO4. The van der Waals surface area contributed by atoms with Gasteiger partial charge in [0.05, 0.1) is 12.1 Å². The van der Waals surface area contributed by atoms with Crippen molar-refractivity contribution in [3.05, 3.63) is 29.0 Å². The minimum Gasteiger partial charge on any atom is -0.481 e. The quantitative estimate of drug-likeness (QED) is 0.634. The summed E-state index contributed by atoms with van der Waals surface area (Å²) < 4.78 is 4.41. The molecule has 1 atom stereocenters. The fourth-order valence-electron chi connectivity index (χ4n) is 1.20. The Morgan fingerprint density at radius 1 is 1.62 bits per heavy atom. The Labute approximate surface area is 97.0 Å². The second-order valence-corrected chi connectivity index (χ2v) is 3.49. The number of pyridine rings is 1. The van der Waals surface area contributed by atoms with E-state index < -0.39 is 17.9 Å². The van der Waals surface area contributed by atoms with Crippen LogP contribution in [0, 0.1) is 5.92 Å². The van der Waals surface area contributed by atoms with Crippen LogP contribution in [0.25, 0.3) is 0 Å². The van der Waals surface area contributed by atoms with E-state index in [1.54, 1.807) is 6.07 Å². The highest BCUT2D eigenvalue weighted by molar-refractivity contribution is 6.31. The van der Waals surface area contributed by atoms with Crippen molar-refractivity contribution < 1.29 is 19.4 Å². The fraction of sp³-hybridized carbons (Fsp3) is 0.300. The predicted molar refractivity (Wildman–Crippen MR) is 56.1 cm³/mol. The number of nitrogens with zero attached hydrogens (tertiary/aromatic N) is 1. The SMILES string of the molecule is COC(=O)C(Cc1ccncc1Cl)C(=O)O. The number of carboxylic acid groups (broad SMARTS) is 1. The zero-order chi connectivity index (χ0) is 12.1. The van der Waals surface area contributed by atoms with Crippen molar-refractivity contribution in [1.82, 2.24) is 4.98 Å². The lowest BCUT2D eigenvalue weighted by Gasteiger charge is -2.10. The van der Waals surface area contributed by atoms with Crippen LogP contribution in [0.15, 0.2) is 18.5 Å². The van der Waals surface area contributed by atoms with E-state index in [4.69, 9.17) is 16.7 Å². The van der Waals surface area contributed by atoms with Gasteiger partial charge in [0, 0.05) is 12.4 Å². The number of rotatable bonds is 4. The Balaban J connectivity index is 2.88. The number of carboxylic acids is 1. The van der Waals surface area contributed by atoms with Crippen LogP contribution in [0.5, 0.6) is 0 Å². The predicted octanol–water partition coefficient (Wildman–Crippen LogP) is 1.15. The molecule has 1 heterocycles. The normalized spacial score (nSPS) is 11.9. The van der Waals surface area contributed by atoms with Crippen LogP contribution in [0.2, 0.25) is 5.02 Å². The van der Waals surface area contributed by atoms with Gasteiger partial charge in [-0.05, 0) is 18.1 Å². The fourth-order valence-corrected chi connectivity index (χ4v) is 1.40. The zero-order valence-electron chi connectivity index (χ0n) is 8.51. The molecule has 0 saturated heterocycles. The van der Waals surface area contributed by atoms with Gasteiger partial charge in [0.1, 0.15) is 0 Å². The molecule has 0 aliphatic rings. The average Bonchev–Trinajstić information content (AvgIpc) is 2.26. The molecular weight excluding hydrogens is 234 g/mol. The van der Waals surface area contributed by atoms with Crippen molar-refractivity contribution in [2.75, 3.05) is 7.11 Å². The van der Waals surface area contributed by atoms with Crippen molar-refractivity contribution >= 4 is 23.5 Å². The van der Waals surface area contributed by atoms with Crippen LogP contribution in [-0.2, 0) is 20.7 Å². The van der Waals surface area contributed by atoms with Gasteiger partial charge in [-0.1, -0.05) is 11.6 Å². The molecule has 0 aliphatic heterocycles. The number of aliphatic carboxylic acids is 1. The van der Waals surface area contributed by atoms with Gasteiger partial charge in [-0.3, -0.25) is 14.6 Å². The molecule has 1 N–H and O–H groups in total. The van der Waals surface area contributed by atoms with E-state index in [1.165, 1.54) is 12.4 Å². The van der Waals surface area contributed by atoms with Crippen molar-refractivity contribution in [3.63, 3.8) is 0 Å². The highest BCUT2D eigenvalue weighted by Crippen LogP contribution is 2.18. The maximum atomic E-state index is 11.2. The van der Waals surface area contributed by atoms with Crippen LogP contribution >= 0.6 is 11.6 Å². The number of carbonyl (C=O) groups excluding carboxylic acids is 1. The highest BCUT2D eigenvalue weighted by atomic mass is 35.5. The molecule has 0 saturated carbocycles. The lowest BCUT2D eigenvalue weighted by Crippen LogP contribution is -2.27. The largest absolute Gasteiger partial charge is 0.481 e. The van der Waals surface area contributed by atoms with Crippen molar-refractivity contribution in [2.45, 2.75) is 6.42 Å². The number of methoxy groups -OCH3 is 1. The Morgan fingerprint density at radius 3 is 2.81 bits per heavy atom. The van der Waals surface area contributed by atoms with Gasteiger partial charge in [-0.2, -0.15) is 0 Å². The molecule has 16 heavy (non-hydrogen) atoms. The van der Waals surface area contributed by atoms with Crippen LogP contribution in [0.1, 0.15) is 5.56 Å². The Kier molecular flexibility index (Phi) is 4.25. The first-order chi connectivity index (χ1) is 7.56. The van der Waals surface area contributed by atoms with Gasteiger partial charge < -0.3 is 9.84 Å². The van der Waals surface area contributed by atoms with Gasteiger partial charge in [0.25, 0.3) is 0 Å². The smallest absolute Gasteiger partial charge is 0.320 e. The molecule has 1 aromatic heterocycles. The number of ether oxygens (including phenoxy) is 1. The number of hydrogen-bond acceptors (Lipinski definition) is 4. The van der Waals surface area contributed by atoms with Gasteiger partial charge in [-0.25, -0.2) is 0 Å². The molecule has 0 aliphatic carbocycles. The third-order valence-electron chi connectivity index (χ3n) is 2.06. The standard InChI is InChI=1S/C10H10ClNO4/c1-16-10(15)7(9(13)14)4-6-2-3-12-5-8(6)11/h2-3,5,7H,4H2,1H3,(H,13,14). The molecule has 1 aromatic rings. The van der Waals surface area contributed by atoms with Gasteiger partial charge >= 0.3 is 11.9 Å². The summed E-state index contributed by atoms with van der Waals surface area (Å²) in [6, 6.07) is 1.57. The monoisotopic (exact) mass is 243 g/mol. The lowest BCUT2D eigenvalue weighted by molar-refractivity contribution is -0.156. The van der Waals surface area contributed by atoms with Crippen molar-refractivity contribution in [3.8, 4) is 0 Å². The van der Waals surface area contributed by atoms with Crippen molar-refractivity contribution in [2.24, 2.45) is 5.92 Å². The summed E-state index contributed by atoms with van der Waals surface area (Å²) in [7, 11) is 1.15. The maximum Gasteiger partial charge on any atom is 0.320 e. The molecule has 86 valence electrons. The Hall–Kier alpha value is -1.62. The summed E-state index contributed by atoms with van der Waals surface area (Å²) in [6.45, 7) is 0. The summed E-state index contributed by atoms with van der Waals surface area (Å²) in [5, 5.41) is 9.20. The number of aromatic nitrogens is 1. The van der Waals surface area contributed by atoms with E-state index in [1.807, 2.05) is 0 Å². The first kappa shape index (κ1) is 12.4. The number of esters is 1. The Bertz CT molecular complexity index is 408. The minimum atomic E-state index is -1.25. The first-order valence-corrected chi connectivity index (χ1v) is 4.83. The molecule has 0 amide bonds. The van der Waals surface area contributed by atoms with Crippen LogP contribution in [0.3, 0.4) is 0 Å². The molecule has 0 spiro atoms. The van der Waals surface area contributed by atoms with E-state index in [0.29, 0.717) is 10.6 Å². The summed E-state index contributed by atoms with van der Waals surface area (Å²) in [5.41, 5.74) is 0.550. The molecule has 6 heteroatoms. The molecule has 0 aromatic carbocycles. The third-order valence-corrected chi connectivity index (χ3v) is 2.40. The summed E-state index contributed by atoms with van der Waals surface area (Å²) in [4.78, 5) is 25.8. The molecule has 5 nitrogen and oxygen atoms in total. The molecule has 1 unspecified atom stereocenters. The Morgan fingerprint density at radius 2 is 2.31 bits per heavy atom. The minimum absolute atomic E-state index is 0.0106. The van der Waals surface area contributed by atoms with E-state index in [2.05, 4.69) is 9.72 Å². The third kappa shape index (κ3) is 2.93. The van der Waals surface area contributed by atoms with Gasteiger partial charge in [0.2, 0.25) is 0 Å². The highest BCUT2D eigenvalue weighted by Gasteiger charge is 2.28. The van der Waals surface area contributed by atoms with Crippen LogP contribution in [-0.4, -0.2) is 29.1 Å². The maximum absolute atomic E-state index is 11.2. The number of halogens is 1. The van der Waals surface area contributed by atoms with Gasteiger partial charge in [0.15, 0.2) is 5.92 Å². The molecule has 0 radical (unpaired) electrons. The second kappa shape index (κ2) is 5.46. The second-order valence-electron chi connectivity index (χ2n) is 3.09. The molecule has 1 rings (SSSR count). The first-order valence-electron chi connectivity index (χ1n) is 4.45. The van der Waals surface area contributed by atoms with Gasteiger partial charge in [-0.15, -0.1) is 0 Å². The molecule has 0 fully saturated rings. The lowest BCUT2D eigenvalue weighted by atomic mass is 10.0. The summed E-state index contributed by atoms with van der Waals surface area (Å²) >= 11 is 5.81. The summed E-state index contributed by atoms with van der Waals surface area (Å²) in [6.07, 6.45) is 2.87. The topological polar surface area (TPSA) is 76.5 Å². The summed E-state index contributed by atoms with van der Waals surface area (Å²) in [5.74, 6) is -3.27. The number of carbonyl (C=O) groups is 2. The van der Waals surface area contributed by atoms with E-state index in [0.717, 1.165) is 7.11 Å². The van der Waals surface area contributed by atoms with Crippen LogP contribution in [0.4, 0.5) is 0 Å². The number of hydrogen-bond donors (Lipinski definition) is 1.